The van der Waals surface area contributed by atoms with Gasteiger partial charge in [0.15, 0.2) is 16.7 Å². The summed E-state index contributed by atoms with van der Waals surface area (Å²) in [7, 11) is 0. The normalized spacial score (nSPS) is 18.2. The van der Waals surface area contributed by atoms with Crippen molar-refractivity contribution in [1.29, 1.82) is 0 Å². The zero-order valence-corrected chi connectivity index (χ0v) is 15.9. The first-order chi connectivity index (χ1) is 13.1. The number of amides is 1. The number of fused-ring (bicyclic) bond motifs is 1. The van der Waals surface area contributed by atoms with Crippen molar-refractivity contribution in [1.82, 2.24) is 5.32 Å². The zero-order chi connectivity index (χ0) is 18.8. The summed E-state index contributed by atoms with van der Waals surface area (Å²) in [6.07, 6.45) is 1.76. The molecule has 0 aromatic heterocycles. The lowest BCUT2D eigenvalue weighted by atomic mass is 10.1. The highest BCUT2D eigenvalue weighted by molar-refractivity contribution is 8.18. The Morgan fingerprint density at radius 2 is 2.11 bits per heavy atom. The number of rotatable bonds is 4. The molecule has 2 aliphatic heterocycles. The maximum absolute atomic E-state index is 12.3. The second kappa shape index (κ2) is 7.54. The molecule has 0 aliphatic carbocycles. The Hall–Kier alpha value is -2.64. The predicted octanol–water partition coefficient (Wildman–Crippen LogP) is 4.36. The molecule has 0 unspecified atom stereocenters. The number of amidine groups is 1. The van der Waals surface area contributed by atoms with Crippen LogP contribution >= 0.6 is 23.4 Å². The quantitative estimate of drug-likeness (QED) is 0.769. The highest BCUT2D eigenvalue weighted by Crippen LogP contribution is 2.40. The first kappa shape index (κ1) is 17.8. The average molecular weight is 403 g/mol. The van der Waals surface area contributed by atoms with Crippen molar-refractivity contribution in [3.8, 4) is 17.2 Å². The van der Waals surface area contributed by atoms with E-state index in [4.69, 9.17) is 25.8 Å². The largest absolute Gasteiger partial charge is 0.493 e. The summed E-state index contributed by atoms with van der Waals surface area (Å²) in [5, 5.41) is 3.84. The first-order valence-electron chi connectivity index (χ1n) is 8.24. The summed E-state index contributed by atoms with van der Waals surface area (Å²) in [6.45, 7) is 2.57. The maximum Gasteiger partial charge on any atom is 0.264 e. The molecule has 2 aliphatic rings. The number of nitrogens with one attached hydrogen (secondary N) is 1. The third-order valence-corrected chi connectivity index (χ3v) is 4.93. The van der Waals surface area contributed by atoms with Gasteiger partial charge >= 0.3 is 0 Å². The van der Waals surface area contributed by atoms with E-state index in [1.807, 2.05) is 13.0 Å². The molecule has 2 heterocycles. The average Bonchev–Trinajstić information content (AvgIpc) is 3.21. The van der Waals surface area contributed by atoms with Crippen molar-refractivity contribution in [2.75, 3.05) is 13.4 Å². The van der Waals surface area contributed by atoms with Gasteiger partial charge < -0.3 is 19.5 Å². The molecule has 0 radical (unpaired) electrons. The summed E-state index contributed by atoms with van der Waals surface area (Å²) in [5.74, 6) is 1.66. The third-order valence-electron chi connectivity index (χ3n) is 3.78. The van der Waals surface area contributed by atoms with Crippen molar-refractivity contribution in [3.05, 3.63) is 51.9 Å². The van der Waals surface area contributed by atoms with Gasteiger partial charge in [-0.25, -0.2) is 4.99 Å². The fraction of sp³-hybridized carbons (Fsp3) is 0.158. The number of hydrogen-bond donors (Lipinski definition) is 1. The van der Waals surface area contributed by atoms with Gasteiger partial charge in [-0.3, -0.25) is 4.79 Å². The van der Waals surface area contributed by atoms with Crippen LogP contribution in [-0.2, 0) is 4.79 Å². The minimum atomic E-state index is -0.221. The van der Waals surface area contributed by atoms with Gasteiger partial charge in [0.25, 0.3) is 5.91 Å². The van der Waals surface area contributed by atoms with Gasteiger partial charge in [0.05, 0.1) is 17.2 Å². The third kappa shape index (κ3) is 3.89. The van der Waals surface area contributed by atoms with Crippen LogP contribution in [0.3, 0.4) is 0 Å². The number of carbonyl (C=O) groups excluding carboxylic acids is 1. The Kier molecular flexibility index (Phi) is 4.96. The van der Waals surface area contributed by atoms with E-state index >= 15 is 0 Å². The zero-order valence-electron chi connectivity index (χ0n) is 14.3. The molecule has 1 amide bonds. The van der Waals surface area contributed by atoms with Gasteiger partial charge in [-0.15, -0.1) is 0 Å². The second-order valence-electron chi connectivity index (χ2n) is 5.64. The fourth-order valence-electron chi connectivity index (χ4n) is 2.62. The molecule has 2 aromatic carbocycles. The van der Waals surface area contributed by atoms with Gasteiger partial charge in [0.2, 0.25) is 6.79 Å². The van der Waals surface area contributed by atoms with E-state index in [1.165, 1.54) is 11.8 Å². The van der Waals surface area contributed by atoms with E-state index in [1.54, 1.807) is 36.4 Å². The van der Waals surface area contributed by atoms with Crippen LogP contribution in [0.4, 0.5) is 5.69 Å². The molecule has 0 spiro atoms. The molecule has 6 nitrogen and oxygen atoms in total. The Balaban J connectivity index is 1.64. The molecule has 1 fully saturated rings. The minimum Gasteiger partial charge on any atom is -0.493 e. The Morgan fingerprint density at radius 3 is 2.89 bits per heavy atom. The second-order valence-corrected chi connectivity index (χ2v) is 7.10. The van der Waals surface area contributed by atoms with Gasteiger partial charge in [0, 0.05) is 16.7 Å². The molecule has 1 saturated heterocycles. The number of aliphatic imine (C=N–C) groups is 1. The maximum atomic E-state index is 12.3. The van der Waals surface area contributed by atoms with Crippen LogP contribution in [0.5, 0.6) is 17.2 Å². The van der Waals surface area contributed by atoms with Gasteiger partial charge in [-0.1, -0.05) is 17.7 Å². The Labute approximate surface area is 165 Å². The number of hydrogen-bond acceptors (Lipinski definition) is 6. The summed E-state index contributed by atoms with van der Waals surface area (Å²) in [6, 6.07) is 10.7. The number of carbonyl (C=O) groups is 1. The first-order valence-corrected chi connectivity index (χ1v) is 9.43. The van der Waals surface area contributed by atoms with Crippen molar-refractivity contribution in [2.24, 2.45) is 4.99 Å². The summed E-state index contributed by atoms with van der Waals surface area (Å²) < 4.78 is 16.5. The number of ether oxygens (including phenoxy) is 3. The van der Waals surface area contributed by atoms with Crippen molar-refractivity contribution in [2.45, 2.75) is 6.92 Å². The van der Waals surface area contributed by atoms with Crippen LogP contribution in [0.25, 0.3) is 6.08 Å². The number of halogens is 1. The molecule has 0 saturated carbocycles. The molecule has 1 N–H and O–H groups in total. The molecule has 0 atom stereocenters. The summed E-state index contributed by atoms with van der Waals surface area (Å²) in [4.78, 5) is 17.3. The van der Waals surface area contributed by atoms with E-state index < -0.39 is 0 Å². The van der Waals surface area contributed by atoms with E-state index in [0.717, 1.165) is 5.56 Å². The fourth-order valence-corrected chi connectivity index (χ4v) is 3.63. The molecule has 8 heteroatoms. The van der Waals surface area contributed by atoms with Crippen LogP contribution in [-0.4, -0.2) is 24.5 Å². The van der Waals surface area contributed by atoms with Crippen LogP contribution in [0, 0.1) is 0 Å². The molecular weight excluding hydrogens is 388 g/mol. The highest BCUT2D eigenvalue weighted by Gasteiger charge is 2.25. The lowest BCUT2D eigenvalue weighted by Gasteiger charge is -2.09. The number of benzene rings is 2. The van der Waals surface area contributed by atoms with E-state index in [9.17, 15) is 4.79 Å². The number of nitrogens with zero attached hydrogens (tertiary/aromatic N) is 1. The monoisotopic (exact) mass is 402 g/mol. The van der Waals surface area contributed by atoms with Crippen LogP contribution in [0.15, 0.2) is 46.3 Å². The lowest BCUT2D eigenvalue weighted by molar-refractivity contribution is -0.115. The predicted molar refractivity (Wildman–Crippen MR) is 106 cm³/mol. The summed E-state index contributed by atoms with van der Waals surface area (Å²) >= 11 is 7.23. The van der Waals surface area contributed by atoms with Crippen LogP contribution < -0.4 is 19.5 Å². The van der Waals surface area contributed by atoms with E-state index in [0.29, 0.717) is 44.6 Å². The minimum absolute atomic E-state index is 0.173. The topological polar surface area (TPSA) is 69.2 Å². The molecule has 0 bridgehead atoms. The van der Waals surface area contributed by atoms with Crippen LogP contribution in [0.2, 0.25) is 5.02 Å². The van der Waals surface area contributed by atoms with Crippen LogP contribution in [0.1, 0.15) is 12.5 Å². The molecule has 4 rings (SSSR count). The standard InChI is InChI=1S/C19H15ClN2O4S/c1-2-24-14-9-16-15(25-10-26-16)6-11(14)7-17-18(23)22-19(27-17)21-13-5-3-4-12(20)8-13/h3-9H,2,10H2,1H3,(H,21,22,23)/b17-7+. The Morgan fingerprint density at radius 1 is 1.30 bits per heavy atom. The van der Waals surface area contributed by atoms with Gasteiger partial charge in [-0.05, 0) is 49.0 Å². The molecule has 2 aromatic rings. The van der Waals surface area contributed by atoms with Gasteiger partial charge in [-0.2, -0.15) is 0 Å². The smallest absolute Gasteiger partial charge is 0.264 e. The number of thioether (sulfide) groups is 1. The van der Waals surface area contributed by atoms with E-state index in [2.05, 4.69) is 10.3 Å². The molecule has 27 heavy (non-hydrogen) atoms. The SMILES string of the molecule is CCOc1cc2c(cc1/C=C1/SC(=Nc3cccc(Cl)c3)NC1=O)OCO2. The lowest BCUT2D eigenvalue weighted by Crippen LogP contribution is -2.19. The van der Waals surface area contributed by atoms with Gasteiger partial charge in [0.1, 0.15) is 5.75 Å². The molecular formula is C19H15ClN2O4S. The highest BCUT2D eigenvalue weighted by atomic mass is 35.5. The van der Waals surface area contributed by atoms with E-state index in [-0.39, 0.29) is 12.7 Å². The molecule has 138 valence electrons. The Bertz CT molecular complexity index is 974. The van der Waals surface area contributed by atoms with Crippen molar-refractivity contribution in [3.63, 3.8) is 0 Å². The summed E-state index contributed by atoms with van der Waals surface area (Å²) in [5.41, 5.74) is 1.41. The van der Waals surface area contributed by atoms with Crippen molar-refractivity contribution >= 4 is 46.2 Å². The van der Waals surface area contributed by atoms with Crippen molar-refractivity contribution < 1.29 is 19.0 Å².